The minimum atomic E-state index is -3.19. The third kappa shape index (κ3) is 6.88. The summed E-state index contributed by atoms with van der Waals surface area (Å²) in [5.74, 6) is 1.06. The van der Waals surface area contributed by atoms with Gasteiger partial charge in [0.15, 0.2) is 0 Å². The number of carbonyl (C=O) groups is 1. The molecule has 0 radical (unpaired) electrons. The van der Waals surface area contributed by atoms with Crippen molar-refractivity contribution in [2.45, 2.75) is 57.0 Å². The summed E-state index contributed by atoms with van der Waals surface area (Å²) >= 11 is 6.41. The van der Waals surface area contributed by atoms with E-state index in [4.69, 9.17) is 26.2 Å². The minimum absolute atomic E-state index is 0.000793. The lowest BCUT2D eigenvalue weighted by Gasteiger charge is -2.46. The van der Waals surface area contributed by atoms with Crippen molar-refractivity contribution in [2.75, 3.05) is 37.5 Å². The summed E-state index contributed by atoms with van der Waals surface area (Å²) in [6, 6.07) is 11.6. The van der Waals surface area contributed by atoms with Crippen LogP contribution in [0.4, 0.5) is 5.69 Å². The monoisotopic (exact) mass is 625 g/mol. The van der Waals surface area contributed by atoms with Crippen molar-refractivity contribution in [1.82, 2.24) is 0 Å². The molecule has 5 rings (SSSR count). The van der Waals surface area contributed by atoms with Gasteiger partial charge in [-0.25, -0.2) is 9.35 Å². The fourth-order valence-electron chi connectivity index (χ4n) is 7.22. The number of carbonyl (C=O) groups excluding carboxylic acids is 1. The third-order valence-corrected chi connectivity index (χ3v) is 11.2. The molecule has 6 atom stereocenters. The molecule has 0 aromatic heterocycles. The Kier molecular flexibility index (Phi) is 9.71. The molecule has 1 aliphatic heterocycles. The molecule has 9 heteroatoms. The average Bonchev–Trinajstić information content (AvgIpc) is 3.10. The molecule has 1 fully saturated rings. The van der Waals surface area contributed by atoms with Gasteiger partial charge in [-0.2, -0.15) is 0 Å². The molecule has 43 heavy (non-hydrogen) atoms. The molecule has 0 unspecified atom stereocenters. The SMILES string of the molecule is C=CC[C@H](C)C[S@](N)(=O)=NC(=O)c1ccc2c(c1)N(C[C@@H]1CC[C@H]1[C@H](C=C)OC)C[C@@]1(CCCc3cc(Cl)ccc31)CO2. The number of ether oxygens (including phenoxy) is 2. The summed E-state index contributed by atoms with van der Waals surface area (Å²) in [5.41, 5.74) is 3.53. The molecular formula is C34H44ClN3O4S. The maximum absolute atomic E-state index is 13.3. The quantitative estimate of drug-likeness (QED) is 0.295. The molecule has 2 aliphatic carbocycles. The second-order valence-corrected chi connectivity index (χ2v) is 14.9. The fourth-order valence-corrected chi connectivity index (χ4v) is 8.83. The number of hydrogen-bond acceptors (Lipinski definition) is 5. The van der Waals surface area contributed by atoms with E-state index in [1.807, 2.05) is 31.2 Å². The molecule has 0 bridgehead atoms. The largest absolute Gasteiger partial charge is 0.490 e. The molecule has 1 saturated carbocycles. The number of nitrogens with two attached hydrogens (primary N) is 1. The topological polar surface area (TPSA) is 94.2 Å². The lowest BCUT2D eigenvalue weighted by molar-refractivity contribution is 0.0135. The first-order valence-corrected chi connectivity index (χ1v) is 17.3. The van der Waals surface area contributed by atoms with Crippen LogP contribution in [0.2, 0.25) is 5.02 Å². The van der Waals surface area contributed by atoms with Gasteiger partial charge in [0, 0.05) is 42.0 Å². The summed E-state index contributed by atoms with van der Waals surface area (Å²) in [4.78, 5) is 15.7. The van der Waals surface area contributed by atoms with E-state index in [0.717, 1.165) is 61.7 Å². The highest BCUT2D eigenvalue weighted by Gasteiger charge is 2.44. The van der Waals surface area contributed by atoms with Crippen molar-refractivity contribution < 1.29 is 18.5 Å². The van der Waals surface area contributed by atoms with E-state index in [-0.39, 0.29) is 23.2 Å². The van der Waals surface area contributed by atoms with Gasteiger partial charge in [-0.15, -0.1) is 17.5 Å². The minimum Gasteiger partial charge on any atom is -0.490 e. The highest BCUT2D eigenvalue weighted by molar-refractivity contribution is 7.91. The molecule has 3 aliphatic rings. The molecule has 1 spiro atoms. The number of halogens is 1. The Morgan fingerprint density at radius 2 is 2.12 bits per heavy atom. The fraction of sp³-hybridized carbons (Fsp3) is 0.500. The van der Waals surface area contributed by atoms with Gasteiger partial charge in [-0.1, -0.05) is 36.7 Å². The van der Waals surface area contributed by atoms with Crippen molar-refractivity contribution in [3.05, 3.63) is 83.4 Å². The average molecular weight is 626 g/mol. The summed E-state index contributed by atoms with van der Waals surface area (Å²) in [6.45, 7) is 11.7. The lowest BCUT2D eigenvalue weighted by Crippen LogP contribution is -2.49. The molecule has 1 heterocycles. The van der Waals surface area contributed by atoms with Gasteiger partial charge in [0.05, 0.1) is 18.4 Å². The zero-order valence-electron chi connectivity index (χ0n) is 25.3. The van der Waals surface area contributed by atoms with Gasteiger partial charge in [-0.05, 0) is 97.7 Å². The van der Waals surface area contributed by atoms with Crippen LogP contribution < -0.4 is 14.8 Å². The second kappa shape index (κ2) is 13.1. The van der Waals surface area contributed by atoms with Crippen molar-refractivity contribution >= 4 is 33.1 Å². The van der Waals surface area contributed by atoms with Gasteiger partial charge < -0.3 is 14.4 Å². The first kappa shape index (κ1) is 31.8. The number of hydrogen-bond donors (Lipinski definition) is 1. The molecule has 7 nitrogen and oxygen atoms in total. The van der Waals surface area contributed by atoms with Crippen molar-refractivity contribution in [3.63, 3.8) is 0 Å². The van der Waals surface area contributed by atoms with Crippen LogP contribution in [-0.4, -0.2) is 48.8 Å². The van der Waals surface area contributed by atoms with E-state index in [1.165, 1.54) is 11.1 Å². The Morgan fingerprint density at radius 3 is 2.81 bits per heavy atom. The van der Waals surface area contributed by atoms with Crippen molar-refractivity contribution in [2.24, 2.45) is 27.3 Å². The van der Waals surface area contributed by atoms with E-state index in [0.29, 0.717) is 30.4 Å². The number of rotatable bonds is 10. The van der Waals surface area contributed by atoms with Crippen LogP contribution in [-0.2, 0) is 26.5 Å². The zero-order chi connectivity index (χ0) is 30.8. The highest BCUT2D eigenvalue weighted by Crippen LogP contribution is 2.47. The van der Waals surface area contributed by atoms with Crippen LogP contribution in [0.3, 0.4) is 0 Å². The number of amides is 1. The predicted octanol–water partition coefficient (Wildman–Crippen LogP) is 6.73. The van der Waals surface area contributed by atoms with Crippen LogP contribution >= 0.6 is 11.6 Å². The Labute approximate surface area is 261 Å². The molecule has 2 N–H and O–H groups in total. The van der Waals surface area contributed by atoms with E-state index in [2.05, 4.69) is 34.6 Å². The number of aryl methyl sites for hydroxylation is 1. The van der Waals surface area contributed by atoms with E-state index < -0.39 is 15.8 Å². The standard InChI is InChI=1S/C34H44ClN3O4S/c1-5-8-23(3)20-43(36,40)37-33(39)25-11-15-32-30(18-25)38(19-26-10-13-28(26)31(6-2)41-4)21-34(22-42-32)16-7-9-24-17-27(35)12-14-29(24)34/h5-6,11-12,14-15,17-18,23,26,28,31H,1-2,7-10,13,16,19-22H2,3-4H3,(H2,36,37,39,40)/t23-,26-,28+,31-,34-,43+/m0/s1. The molecule has 2 aromatic rings. The number of benzene rings is 2. The van der Waals surface area contributed by atoms with E-state index in [1.54, 1.807) is 19.3 Å². The molecule has 0 saturated heterocycles. The number of nitrogens with zero attached hydrogens (tertiary/aromatic N) is 2. The number of allylic oxidation sites excluding steroid dienone is 1. The van der Waals surface area contributed by atoms with Gasteiger partial charge in [0.1, 0.15) is 15.7 Å². The molecule has 232 valence electrons. The van der Waals surface area contributed by atoms with E-state index in [9.17, 15) is 9.00 Å². The van der Waals surface area contributed by atoms with Crippen LogP contribution in [0.5, 0.6) is 5.75 Å². The highest BCUT2D eigenvalue weighted by atomic mass is 35.5. The Hall–Kier alpha value is -2.65. The Morgan fingerprint density at radius 1 is 1.30 bits per heavy atom. The van der Waals surface area contributed by atoms with Crippen LogP contribution in [0.25, 0.3) is 0 Å². The predicted molar refractivity (Wildman–Crippen MR) is 175 cm³/mol. The van der Waals surface area contributed by atoms with E-state index >= 15 is 0 Å². The lowest BCUT2D eigenvalue weighted by atomic mass is 9.68. The number of fused-ring (bicyclic) bond motifs is 3. The summed E-state index contributed by atoms with van der Waals surface area (Å²) in [7, 11) is -1.45. The molecule has 2 aromatic carbocycles. The molecular weight excluding hydrogens is 582 g/mol. The maximum atomic E-state index is 13.3. The Bertz CT molecular complexity index is 1500. The second-order valence-electron chi connectivity index (χ2n) is 12.6. The van der Waals surface area contributed by atoms with Gasteiger partial charge in [0.2, 0.25) is 0 Å². The van der Waals surface area contributed by atoms with Gasteiger partial charge in [-0.3, -0.25) is 4.79 Å². The normalized spacial score (nSPS) is 25.5. The number of methoxy groups -OCH3 is 1. The first-order valence-electron chi connectivity index (χ1n) is 15.2. The van der Waals surface area contributed by atoms with Crippen molar-refractivity contribution in [1.29, 1.82) is 0 Å². The van der Waals surface area contributed by atoms with Gasteiger partial charge in [0.25, 0.3) is 5.91 Å². The maximum Gasteiger partial charge on any atom is 0.286 e. The summed E-state index contributed by atoms with van der Waals surface area (Å²) < 4.78 is 29.4. The van der Waals surface area contributed by atoms with Gasteiger partial charge >= 0.3 is 0 Å². The Balaban J connectivity index is 1.51. The van der Waals surface area contributed by atoms with Crippen LogP contribution in [0.1, 0.15) is 60.5 Å². The molecule has 1 amide bonds. The zero-order valence-corrected chi connectivity index (χ0v) is 26.9. The van der Waals surface area contributed by atoms with Crippen LogP contribution in [0, 0.1) is 17.8 Å². The third-order valence-electron chi connectivity index (χ3n) is 9.47. The summed E-state index contributed by atoms with van der Waals surface area (Å²) in [5, 5.41) is 6.78. The summed E-state index contributed by atoms with van der Waals surface area (Å²) in [6.07, 6.45) is 9.53. The smallest absolute Gasteiger partial charge is 0.286 e. The first-order chi connectivity index (χ1) is 20.6. The van der Waals surface area contributed by atoms with Crippen LogP contribution in [0.15, 0.2) is 66.1 Å². The van der Waals surface area contributed by atoms with Crippen molar-refractivity contribution in [3.8, 4) is 5.75 Å². The number of anilines is 1.